The van der Waals surface area contributed by atoms with Gasteiger partial charge in [-0.25, -0.2) is 0 Å². The van der Waals surface area contributed by atoms with Crippen LogP contribution < -0.4 is 5.32 Å². The highest BCUT2D eigenvalue weighted by Crippen LogP contribution is 2.30. The minimum Gasteiger partial charge on any atom is -0.310 e. The summed E-state index contributed by atoms with van der Waals surface area (Å²) in [6.07, 6.45) is 7.09. The fourth-order valence-electron chi connectivity index (χ4n) is 3.99. The van der Waals surface area contributed by atoms with E-state index in [9.17, 15) is 0 Å². The molecule has 2 heterocycles. The van der Waals surface area contributed by atoms with Crippen molar-refractivity contribution in [3.63, 3.8) is 0 Å². The Balaban J connectivity index is 1.44. The average molecular weight is 265 g/mol. The molecule has 19 heavy (non-hydrogen) atoms. The lowest BCUT2D eigenvalue weighted by Gasteiger charge is -2.36. The number of nitrogens with one attached hydrogen (secondary N) is 1. The van der Waals surface area contributed by atoms with Crippen molar-refractivity contribution in [3.8, 4) is 0 Å². The van der Waals surface area contributed by atoms with Crippen LogP contribution in [-0.2, 0) is 0 Å². The molecule has 3 aliphatic rings. The van der Waals surface area contributed by atoms with Crippen molar-refractivity contribution in [1.29, 1.82) is 0 Å². The van der Waals surface area contributed by atoms with Gasteiger partial charge in [0, 0.05) is 37.8 Å². The Hall–Kier alpha value is -0.120. The molecule has 0 bridgehead atoms. The van der Waals surface area contributed by atoms with Gasteiger partial charge in [0.2, 0.25) is 0 Å². The lowest BCUT2D eigenvalue weighted by atomic mass is 9.91. The zero-order chi connectivity index (χ0) is 13.2. The highest BCUT2D eigenvalue weighted by molar-refractivity contribution is 4.93. The Morgan fingerprint density at radius 3 is 2.68 bits per heavy atom. The molecule has 0 aromatic rings. The largest absolute Gasteiger partial charge is 0.310 e. The van der Waals surface area contributed by atoms with Crippen LogP contribution in [0, 0.1) is 5.92 Å². The topological polar surface area (TPSA) is 18.5 Å². The van der Waals surface area contributed by atoms with Crippen LogP contribution >= 0.6 is 0 Å². The molecule has 2 aliphatic heterocycles. The second-order valence-corrected chi connectivity index (χ2v) is 6.96. The van der Waals surface area contributed by atoms with Gasteiger partial charge in [0.05, 0.1) is 0 Å². The third-order valence-electron chi connectivity index (χ3n) is 5.48. The molecule has 1 aliphatic carbocycles. The maximum Gasteiger partial charge on any atom is 0.0209 e. The van der Waals surface area contributed by atoms with Gasteiger partial charge in [0.15, 0.2) is 0 Å². The summed E-state index contributed by atoms with van der Waals surface area (Å²) in [5.41, 5.74) is 0. The quantitative estimate of drug-likeness (QED) is 0.819. The summed E-state index contributed by atoms with van der Waals surface area (Å²) in [6, 6.07) is 2.40. The molecule has 110 valence electrons. The zero-order valence-corrected chi connectivity index (χ0v) is 12.8. The van der Waals surface area contributed by atoms with Gasteiger partial charge in [-0.2, -0.15) is 0 Å². The first-order valence-electron chi connectivity index (χ1n) is 8.48. The maximum atomic E-state index is 3.94. The van der Waals surface area contributed by atoms with E-state index in [4.69, 9.17) is 0 Å². The molecule has 0 aromatic heterocycles. The number of nitrogens with zero attached hydrogens (tertiary/aromatic N) is 2. The molecule has 3 unspecified atom stereocenters. The average Bonchev–Trinajstić information content (AvgIpc) is 3.19. The molecule has 3 atom stereocenters. The molecule has 1 saturated carbocycles. The Kier molecular flexibility index (Phi) is 4.45. The number of likely N-dealkylation sites (tertiary alicyclic amines) is 2. The monoisotopic (exact) mass is 265 g/mol. The van der Waals surface area contributed by atoms with Crippen molar-refractivity contribution in [3.05, 3.63) is 0 Å². The van der Waals surface area contributed by atoms with E-state index in [2.05, 4.69) is 29.0 Å². The molecular formula is C16H31N3. The fraction of sp³-hybridized carbons (Fsp3) is 1.00. The van der Waals surface area contributed by atoms with Crippen molar-refractivity contribution < 1.29 is 0 Å². The van der Waals surface area contributed by atoms with Crippen LogP contribution in [0.15, 0.2) is 0 Å². The van der Waals surface area contributed by atoms with Gasteiger partial charge in [0.1, 0.15) is 0 Å². The van der Waals surface area contributed by atoms with E-state index in [0.29, 0.717) is 6.04 Å². The smallest absolute Gasteiger partial charge is 0.0209 e. The minimum absolute atomic E-state index is 0.693. The van der Waals surface area contributed by atoms with E-state index in [1.807, 2.05) is 0 Å². The molecule has 0 amide bonds. The molecular weight excluding hydrogens is 234 g/mol. The standard InChI is InChI=1S/C16H31N3/c1-3-18-9-4-5-14(11-18)13(2)17-15-8-10-19(12-15)16-6-7-16/h13-17H,3-12H2,1-2H3. The second kappa shape index (κ2) is 6.11. The zero-order valence-electron chi connectivity index (χ0n) is 12.8. The predicted molar refractivity (Wildman–Crippen MR) is 80.4 cm³/mol. The molecule has 3 heteroatoms. The van der Waals surface area contributed by atoms with Gasteiger partial charge in [-0.15, -0.1) is 0 Å². The van der Waals surface area contributed by atoms with Crippen LogP contribution in [0.4, 0.5) is 0 Å². The molecule has 3 fully saturated rings. The van der Waals surface area contributed by atoms with Gasteiger partial charge in [0.25, 0.3) is 0 Å². The Bertz CT molecular complexity index is 290. The van der Waals surface area contributed by atoms with Crippen LogP contribution in [0.3, 0.4) is 0 Å². The number of hydrogen-bond acceptors (Lipinski definition) is 3. The summed E-state index contributed by atoms with van der Waals surface area (Å²) in [4.78, 5) is 5.33. The van der Waals surface area contributed by atoms with Gasteiger partial charge in [-0.05, 0) is 58.0 Å². The normalized spacial score (nSPS) is 35.7. The molecule has 3 nitrogen and oxygen atoms in total. The number of hydrogen-bond donors (Lipinski definition) is 1. The van der Waals surface area contributed by atoms with E-state index < -0.39 is 0 Å². The number of piperidine rings is 1. The first kappa shape index (κ1) is 13.8. The minimum atomic E-state index is 0.693. The van der Waals surface area contributed by atoms with Crippen molar-refractivity contribution in [2.75, 3.05) is 32.7 Å². The third-order valence-corrected chi connectivity index (χ3v) is 5.48. The van der Waals surface area contributed by atoms with Crippen LogP contribution in [0.25, 0.3) is 0 Å². The van der Waals surface area contributed by atoms with Crippen LogP contribution in [-0.4, -0.2) is 60.6 Å². The molecule has 0 spiro atoms. The number of rotatable bonds is 5. The van der Waals surface area contributed by atoms with Gasteiger partial charge in [-0.1, -0.05) is 6.92 Å². The first-order valence-corrected chi connectivity index (χ1v) is 8.48. The van der Waals surface area contributed by atoms with E-state index in [0.717, 1.165) is 18.0 Å². The van der Waals surface area contributed by atoms with Crippen molar-refractivity contribution in [2.45, 2.75) is 64.1 Å². The highest BCUT2D eigenvalue weighted by Gasteiger charge is 2.35. The summed E-state index contributed by atoms with van der Waals surface area (Å²) < 4.78 is 0. The summed E-state index contributed by atoms with van der Waals surface area (Å²) in [7, 11) is 0. The van der Waals surface area contributed by atoms with Gasteiger partial charge in [-0.3, -0.25) is 4.90 Å². The van der Waals surface area contributed by atoms with Gasteiger partial charge < -0.3 is 10.2 Å². The lowest BCUT2D eigenvalue weighted by Crippen LogP contribution is -2.48. The summed E-state index contributed by atoms with van der Waals surface area (Å²) in [6.45, 7) is 11.2. The van der Waals surface area contributed by atoms with Crippen molar-refractivity contribution in [2.24, 2.45) is 5.92 Å². The van der Waals surface area contributed by atoms with E-state index in [1.54, 1.807) is 0 Å². The maximum absolute atomic E-state index is 3.94. The van der Waals surface area contributed by atoms with Crippen LogP contribution in [0.5, 0.6) is 0 Å². The van der Waals surface area contributed by atoms with Crippen LogP contribution in [0.2, 0.25) is 0 Å². The fourth-order valence-corrected chi connectivity index (χ4v) is 3.99. The molecule has 0 aromatic carbocycles. The highest BCUT2D eigenvalue weighted by atomic mass is 15.2. The van der Waals surface area contributed by atoms with E-state index >= 15 is 0 Å². The Morgan fingerprint density at radius 2 is 1.95 bits per heavy atom. The molecule has 1 N–H and O–H groups in total. The Morgan fingerprint density at radius 1 is 1.11 bits per heavy atom. The SMILES string of the molecule is CCN1CCCC(C(C)NC2CCN(C3CC3)C2)C1. The molecule has 0 radical (unpaired) electrons. The van der Waals surface area contributed by atoms with Crippen molar-refractivity contribution >= 4 is 0 Å². The summed E-state index contributed by atoms with van der Waals surface area (Å²) in [5, 5.41) is 3.94. The van der Waals surface area contributed by atoms with Crippen LogP contribution in [0.1, 0.15) is 46.0 Å². The lowest BCUT2D eigenvalue weighted by molar-refractivity contribution is 0.152. The van der Waals surface area contributed by atoms with Crippen molar-refractivity contribution in [1.82, 2.24) is 15.1 Å². The predicted octanol–water partition coefficient (Wildman–Crippen LogP) is 1.93. The summed E-state index contributed by atoms with van der Waals surface area (Å²) in [5.74, 6) is 0.865. The first-order chi connectivity index (χ1) is 9.26. The van der Waals surface area contributed by atoms with Gasteiger partial charge >= 0.3 is 0 Å². The van der Waals surface area contributed by atoms with E-state index in [1.165, 1.54) is 64.8 Å². The third kappa shape index (κ3) is 3.50. The molecule has 3 rings (SSSR count). The Labute approximate surface area is 118 Å². The molecule has 2 saturated heterocycles. The second-order valence-electron chi connectivity index (χ2n) is 6.96. The van der Waals surface area contributed by atoms with E-state index in [-0.39, 0.29) is 0 Å². The summed E-state index contributed by atoms with van der Waals surface area (Å²) >= 11 is 0.